The van der Waals surface area contributed by atoms with Crippen LogP contribution in [0.5, 0.6) is 5.75 Å². The highest BCUT2D eigenvalue weighted by atomic mass is 32.1. The minimum atomic E-state index is 0.132. The molecule has 1 aliphatic heterocycles. The molecular weight excluding hydrogens is 430 g/mol. The summed E-state index contributed by atoms with van der Waals surface area (Å²) in [4.78, 5) is 22.7. The van der Waals surface area contributed by atoms with Gasteiger partial charge in [-0.15, -0.1) is 11.3 Å². The maximum absolute atomic E-state index is 12.7. The molecule has 0 aliphatic carbocycles. The number of aryl methyl sites for hydroxylation is 1. The first-order chi connectivity index (χ1) is 15.1. The maximum atomic E-state index is 12.7. The predicted molar refractivity (Wildman–Crippen MR) is 125 cm³/mol. The van der Waals surface area contributed by atoms with E-state index in [9.17, 15) is 4.79 Å². The molecule has 1 saturated heterocycles. The molecule has 31 heavy (non-hydrogen) atoms. The van der Waals surface area contributed by atoms with E-state index < -0.39 is 0 Å². The number of methoxy groups -OCH3 is 1. The second kappa shape index (κ2) is 8.32. The lowest BCUT2D eigenvalue weighted by molar-refractivity contribution is 0.0772. The number of thiazole rings is 1. The van der Waals surface area contributed by atoms with Gasteiger partial charge in [-0.1, -0.05) is 17.4 Å². The van der Waals surface area contributed by atoms with Gasteiger partial charge in [-0.05, 0) is 49.1 Å². The van der Waals surface area contributed by atoms with Gasteiger partial charge in [-0.25, -0.2) is 4.68 Å². The minimum Gasteiger partial charge on any atom is -0.497 e. The molecule has 1 aromatic carbocycles. The molecule has 0 radical (unpaired) electrons. The van der Waals surface area contributed by atoms with E-state index in [1.54, 1.807) is 18.4 Å². The zero-order valence-electron chi connectivity index (χ0n) is 17.4. The zero-order chi connectivity index (χ0) is 21.4. The Hall–Kier alpha value is -2.91. The molecule has 9 heteroatoms. The van der Waals surface area contributed by atoms with E-state index in [1.165, 1.54) is 11.3 Å². The van der Waals surface area contributed by atoms with Crippen molar-refractivity contribution < 1.29 is 9.53 Å². The number of hydrogen-bond donors (Lipinski definition) is 0. The van der Waals surface area contributed by atoms with Crippen LogP contribution in [0, 0.1) is 6.92 Å². The molecule has 4 heterocycles. The van der Waals surface area contributed by atoms with Crippen LogP contribution in [0.1, 0.15) is 21.8 Å². The first kappa shape index (κ1) is 20.0. The first-order valence-corrected chi connectivity index (χ1v) is 11.9. The monoisotopic (exact) mass is 453 g/mol. The highest BCUT2D eigenvalue weighted by Gasteiger charge is 2.24. The largest absolute Gasteiger partial charge is 0.497 e. The van der Waals surface area contributed by atoms with Crippen LogP contribution in [-0.2, 0) is 0 Å². The minimum absolute atomic E-state index is 0.132. The van der Waals surface area contributed by atoms with E-state index in [2.05, 4.69) is 4.90 Å². The Kier molecular flexibility index (Phi) is 5.37. The Bertz CT molecular complexity index is 1200. The number of hydrogen-bond acceptors (Lipinski definition) is 7. The summed E-state index contributed by atoms with van der Waals surface area (Å²) in [7, 11) is 1.66. The van der Waals surface area contributed by atoms with Gasteiger partial charge in [-0.3, -0.25) is 4.79 Å². The van der Waals surface area contributed by atoms with Crippen LogP contribution in [0.25, 0.3) is 16.0 Å². The summed E-state index contributed by atoms with van der Waals surface area (Å²) >= 11 is 3.18. The summed E-state index contributed by atoms with van der Waals surface area (Å²) in [5, 5.41) is 7.64. The molecule has 5 rings (SSSR count). The molecule has 3 aromatic heterocycles. The van der Waals surface area contributed by atoms with Crippen molar-refractivity contribution in [2.24, 2.45) is 0 Å². The van der Waals surface area contributed by atoms with Crippen LogP contribution in [0.4, 0.5) is 5.13 Å². The Balaban J connectivity index is 1.38. The van der Waals surface area contributed by atoms with E-state index in [1.807, 2.05) is 58.3 Å². The van der Waals surface area contributed by atoms with Crippen molar-refractivity contribution in [2.75, 3.05) is 38.2 Å². The van der Waals surface area contributed by atoms with Crippen molar-refractivity contribution in [3.8, 4) is 11.4 Å². The number of fused-ring (bicyclic) bond motifs is 1. The summed E-state index contributed by atoms with van der Waals surface area (Å²) in [6, 6.07) is 11.7. The second-order valence-electron chi connectivity index (χ2n) is 7.45. The van der Waals surface area contributed by atoms with Gasteiger partial charge in [0.05, 0.1) is 28.1 Å². The van der Waals surface area contributed by atoms with E-state index in [4.69, 9.17) is 14.8 Å². The van der Waals surface area contributed by atoms with Crippen LogP contribution in [-0.4, -0.2) is 58.9 Å². The fourth-order valence-electron chi connectivity index (χ4n) is 3.83. The van der Waals surface area contributed by atoms with Crippen LogP contribution in [0.3, 0.4) is 0 Å². The number of benzene rings is 1. The van der Waals surface area contributed by atoms with Crippen LogP contribution in [0.2, 0.25) is 0 Å². The first-order valence-electron chi connectivity index (χ1n) is 10.2. The van der Waals surface area contributed by atoms with Gasteiger partial charge in [0.1, 0.15) is 5.75 Å². The summed E-state index contributed by atoms with van der Waals surface area (Å²) in [6.07, 6.45) is 0.927. The maximum Gasteiger partial charge on any atom is 0.263 e. The fourth-order valence-corrected chi connectivity index (χ4v) is 5.56. The number of rotatable bonds is 4. The average molecular weight is 454 g/mol. The number of amides is 1. The molecule has 0 spiro atoms. The topological polar surface area (TPSA) is 63.5 Å². The van der Waals surface area contributed by atoms with Gasteiger partial charge in [0, 0.05) is 26.2 Å². The normalized spacial score (nSPS) is 14.8. The SMILES string of the molecule is COc1ccc(-n2nc(C)c3sc(N4CCCN(C(=O)c5cccs5)CC4)nc32)cc1. The lowest BCUT2D eigenvalue weighted by Gasteiger charge is -2.21. The molecule has 0 saturated carbocycles. The molecule has 0 atom stereocenters. The van der Waals surface area contributed by atoms with Gasteiger partial charge >= 0.3 is 0 Å². The van der Waals surface area contributed by atoms with Gasteiger partial charge < -0.3 is 14.5 Å². The van der Waals surface area contributed by atoms with E-state index in [0.717, 1.165) is 63.5 Å². The third-order valence-electron chi connectivity index (χ3n) is 5.48. The third kappa shape index (κ3) is 3.79. The fraction of sp³-hybridized carbons (Fsp3) is 0.318. The molecule has 1 amide bonds. The summed E-state index contributed by atoms with van der Waals surface area (Å²) < 4.78 is 8.26. The molecule has 7 nitrogen and oxygen atoms in total. The summed E-state index contributed by atoms with van der Waals surface area (Å²) in [5.41, 5.74) is 2.80. The predicted octanol–water partition coefficient (Wildman–Crippen LogP) is 4.21. The van der Waals surface area contributed by atoms with Crippen LogP contribution < -0.4 is 9.64 Å². The number of carbonyl (C=O) groups excluding carboxylic acids is 1. The third-order valence-corrected chi connectivity index (χ3v) is 7.55. The van der Waals surface area contributed by atoms with E-state index in [-0.39, 0.29) is 5.91 Å². The highest BCUT2D eigenvalue weighted by molar-refractivity contribution is 7.22. The quantitative estimate of drug-likeness (QED) is 0.463. The second-order valence-corrected chi connectivity index (χ2v) is 9.38. The van der Waals surface area contributed by atoms with E-state index in [0.29, 0.717) is 6.54 Å². The van der Waals surface area contributed by atoms with Crippen molar-refractivity contribution in [3.05, 3.63) is 52.3 Å². The van der Waals surface area contributed by atoms with Crippen molar-refractivity contribution in [3.63, 3.8) is 0 Å². The highest BCUT2D eigenvalue weighted by Crippen LogP contribution is 2.33. The van der Waals surface area contributed by atoms with Crippen LogP contribution >= 0.6 is 22.7 Å². The number of aromatic nitrogens is 3. The smallest absolute Gasteiger partial charge is 0.263 e. The number of anilines is 1. The zero-order valence-corrected chi connectivity index (χ0v) is 19.1. The molecule has 160 valence electrons. The number of nitrogens with zero attached hydrogens (tertiary/aromatic N) is 5. The number of carbonyl (C=O) groups is 1. The molecule has 4 aromatic rings. The van der Waals surface area contributed by atoms with Crippen molar-refractivity contribution in [1.29, 1.82) is 0 Å². The average Bonchev–Trinajstić information content (AvgIpc) is 3.49. The van der Waals surface area contributed by atoms with Gasteiger partial charge in [0.25, 0.3) is 5.91 Å². The van der Waals surface area contributed by atoms with Crippen molar-refractivity contribution in [2.45, 2.75) is 13.3 Å². The van der Waals surface area contributed by atoms with Gasteiger partial charge in [0.15, 0.2) is 10.8 Å². The Morgan fingerprint density at radius 1 is 1.10 bits per heavy atom. The Labute approximate surface area is 188 Å². The Morgan fingerprint density at radius 3 is 2.68 bits per heavy atom. The standard InChI is InChI=1S/C22H23N5O2S2/c1-15-19-20(27(24-15)16-6-8-17(29-2)9-7-16)23-22(31-19)26-11-4-10-25(12-13-26)21(28)18-5-3-14-30-18/h3,5-9,14H,4,10-13H2,1-2H3. The molecule has 0 bridgehead atoms. The van der Waals surface area contributed by atoms with Crippen LogP contribution in [0.15, 0.2) is 41.8 Å². The molecule has 0 N–H and O–H groups in total. The lowest BCUT2D eigenvalue weighted by atomic mass is 10.3. The number of thiophene rings is 1. The Morgan fingerprint density at radius 2 is 1.94 bits per heavy atom. The van der Waals surface area contributed by atoms with E-state index >= 15 is 0 Å². The molecular formula is C22H23N5O2S2. The van der Waals surface area contributed by atoms with Gasteiger partial charge in [0.2, 0.25) is 0 Å². The number of ether oxygens (including phenoxy) is 1. The van der Waals surface area contributed by atoms with Crippen molar-refractivity contribution >= 4 is 44.1 Å². The molecule has 0 unspecified atom stereocenters. The molecule has 1 aliphatic rings. The van der Waals surface area contributed by atoms with Gasteiger partial charge in [-0.2, -0.15) is 10.1 Å². The lowest BCUT2D eigenvalue weighted by Crippen LogP contribution is -2.34. The van der Waals surface area contributed by atoms with Crippen molar-refractivity contribution in [1.82, 2.24) is 19.7 Å². The summed E-state index contributed by atoms with van der Waals surface area (Å²) in [6.45, 7) is 5.17. The molecule has 1 fully saturated rings. The summed E-state index contributed by atoms with van der Waals surface area (Å²) in [5.74, 6) is 0.946.